The predicted octanol–water partition coefficient (Wildman–Crippen LogP) is 1.65. The Bertz CT molecular complexity index is 193. The largest absolute Gasteiger partial charge is 0.350 e. The molecule has 1 fully saturated rings. The molecule has 0 bridgehead atoms. The Kier molecular flexibility index (Phi) is 3.53. The summed E-state index contributed by atoms with van der Waals surface area (Å²) in [5.41, 5.74) is 0. The van der Waals surface area contributed by atoms with Gasteiger partial charge in [0.2, 0.25) is 0 Å². The van der Waals surface area contributed by atoms with E-state index in [-0.39, 0.29) is 4.75 Å². The van der Waals surface area contributed by atoms with Crippen LogP contribution in [0.2, 0.25) is 0 Å². The number of carbonyl (C=O) groups is 1. The Morgan fingerprint density at radius 1 is 1.69 bits per heavy atom. The molecular formula is C8H13F2NOS. The van der Waals surface area contributed by atoms with Crippen LogP contribution in [0.25, 0.3) is 0 Å². The molecule has 1 atom stereocenters. The van der Waals surface area contributed by atoms with Gasteiger partial charge in [-0.1, -0.05) is 0 Å². The highest BCUT2D eigenvalue weighted by atomic mass is 32.2. The van der Waals surface area contributed by atoms with Crippen molar-refractivity contribution in [3.8, 4) is 0 Å². The third-order valence-corrected chi connectivity index (χ3v) is 3.67. The SMILES string of the molecule is CC1(CNC(=O)C(F)F)CCCS1. The first-order valence-corrected chi connectivity index (χ1v) is 5.22. The highest BCUT2D eigenvalue weighted by Crippen LogP contribution is 2.36. The summed E-state index contributed by atoms with van der Waals surface area (Å²) in [4.78, 5) is 10.6. The van der Waals surface area contributed by atoms with Crippen LogP contribution in [0.3, 0.4) is 0 Å². The van der Waals surface area contributed by atoms with Crippen molar-refractivity contribution in [1.82, 2.24) is 5.32 Å². The van der Waals surface area contributed by atoms with Gasteiger partial charge in [0.1, 0.15) is 0 Å². The van der Waals surface area contributed by atoms with E-state index in [9.17, 15) is 13.6 Å². The van der Waals surface area contributed by atoms with Gasteiger partial charge < -0.3 is 5.32 Å². The molecule has 0 aromatic heterocycles. The van der Waals surface area contributed by atoms with Gasteiger partial charge in [-0.15, -0.1) is 0 Å². The second kappa shape index (κ2) is 4.26. The fourth-order valence-corrected chi connectivity index (χ4v) is 2.57. The zero-order valence-electron chi connectivity index (χ0n) is 7.48. The number of hydrogen-bond acceptors (Lipinski definition) is 2. The van der Waals surface area contributed by atoms with Gasteiger partial charge in [0, 0.05) is 11.3 Å². The standard InChI is InChI=1S/C8H13F2NOS/c1-8(3-2-4-13-8)5-11-7(12)6(9)10/h6H,2-5H2,1H3,(H,11,12). The van der Waals surface area contributed by atoms with Gasteiger partial charge in [-0.3, -0.25) is 4.79 Å². The maximum absolute atomic E-state index is 11.8. The third kappa shape index (κ3) is 3.14. The molecule has 1 N–H and O–H groups in total. The third-order valence-electron chi connectivity index (χ3n) is 2.14. The molecule has 1 saturated heterocycles. The molecule has 0 radical (unpaired) electrons. The number of hydrogen-bond donors (Lipinski definition) is 1. The molecule has 76 valence electrons. The minimum Gasteiger partial charge on any atom is -0.350 e. The second-order valence-electron chi connectivity index (χ2n) is 3.42. The zero-order valence-corrected chi connectivity index (χ0v) is 8.29. The number of nitrogens with one attached hydrogen (secondary N) is 1. The van der Waals surface area contributed by atoms with E-state index in [1.807, 2.05) is 6.92 Å². The molecule has 1 aliphatic heterocycles. The molecule has 0 aromatic rings. The fourth-order valence-electron chi connectivity index (χ4n) is 1.33. The van der Waals surface area contributed by atoms with Crippen LogP contribution in [-0.2, 0) is 4.79 Å². The van der Waals surface area contributed by atoms with Crippen molar-refractivity contribution < 1.29 is 13.6 Å². The molecule has 1 unspecified atom stereocenters. The van der Waals surface area contributed by atoms with Crippen LogP contribution in [0.1, 0.15) is 19.8 Å². The number of thioether (sulfide) groups is 1. The molecule has 1 aliphatic rings. The molecule has 5 heteroatoms. The predicted molar refractivity (Wildman–Crippen MR) is 49.1 cm³/mol. The Balaban J connectivity index is 2.29. The van der Waals surface area contributed by atoms with E-state index < -0.39 is 12.3 Å². The van der Waals surface area contributed by atoms with Gasteiger partial charge in [-0.05, 0) is 25.5 Å². The number of alkyl halides is 2. The van der Waals surface area contributed by atoms with E-state index in [0.29, 0.717) is 6.54 Å². The maximum atomic E-state index is 11.8. The molecule has 0 saturated carbocycles. The van der Waals surface area contributed by atoms with Crippen LogP contribution >= 0.6 is 11.8 Å². The van der Waals surface area contributed by atoms with Crippen molar-refractivity contribution in [2.24, 2.45) is 0 Å². The van der Waals surface area contributed by atoms with Gasteiger partial charge >= 0.3 is 6.43 Å². The Labute approximate surface area is 80.5 Å². The maximum Gasteiger partial charge on any atom is 0.315 e. The zero-order chi connectivity index (χ0) is 9.90. The number of amides is 1. The summed E-state index contributed by atoms with van der Waals surface area (Å²) >= 11 is 1.74. The van der Waals surface area contributed by atoms with Crippen molar-refractivity contribution in [1.29, 1.82) is 0 Å². The summed E-state index contributed by atoms with van der Waals surface area (Å²) in [6.45, 7) is 2.34. The molecule has 1 amide bonds. The normalized spacial score (nSPS) is 28.0. The lowest BCUT2D eigenvalue weighted by Crippen LogP contribution is -2.39. The molecule has 13 heavy (non-hydrogen) atoms. The van der Waals surface area contributed by atoms with Crippen LogP contribution in [-0.4, -0.2) is 29.4 Å². The molecule has 0 aromatic carbocycles. The summed E-state index contributed by atoms with van der Waals surface area (Å²) in [7, 11) is 0. The summed E-state index contributed by atoms with van der Waals surface area (Å²) < 4.78 is 23.6. The van der Waals surface area contributed by atoms with E-state index in [1.54, 1.807) is 11.8 Å². The van der Waals surface area contributed by atoms with Gasteiger partial charge in [0.05, 0.1) is 0 Å². The molecule has 0 aliphatic carbocycles. The van der Waals surface area contributed by atoms with E-state index >= 15 is 0 Å². The lowest BCUT2D eigenvalue weighted by atomic mass is 10.1. The van der Waals surface area contributed by atoms with Gasteiger partial charge in [0.25, 0.3) is 5.91 Å². The first-order chi connectivity index (χ1) is 6.03. The van der Waals surface area contributed by atoms with E-state index in [2.05, 4.69) is 5.32 Å². The average Bonchev–Trinajstić information content (AvgIpc) is 2.48. The monoisotopic (exact) mass is 209 g/mol. The number of halogens is 2. The summed E-state index contributed by atoms with van der Waals surface area (Å²) in [5.74, 6) is -0.102. The highest BCUT2D eigenvalue weighted by Gasteiger charge is 2.30. The summed E-state index contributed by atoms with van der Waals surface area (Å²) in [5, 5.41) is 2.25. The topological polar surface area (TPSA) is 29.1 Å². The van der Waals surface area contributed by atoms with Crippen molar-refractivity contribution in [2.45, 2.75) is 30.9 Å². The van der Waals surface area contributed by atoms with Gasteiger partial charge in [-0.2, -0.15) is 20.5 Å². The Morgan fingerprint density at radius 2 is 2.38 bits per heavy atom. The first-order valence-electron chi connectivity index (χ1n) is 4.23. The van der Waals surface area contributed by atoms with Crippen molar-refractivity contribution in [2.75, 3.05) is 12.3 Å². The van der Waals surface area contributed by atoms with Crippen molar-refractivity contribution in [3.05, 3.63) is 0 Å². The highest BCUT2D eigenvalue weighted by molar-refractivity contribution is 8.00. The van der Waals surface area contributed by atoms with Crippen LogP contribution < -0.4 is 5.32 Å². The van der Waals surface area contributed by atoms with E-state index in [1.165, 1.54) is 0 Å². The molecular weight excluding hydrogens is 196 g/mol. The first kappa shape index (κ1) is 10.8. The molecule has 1 heterocycles. The fraction of sp³-hybridized carbons (Fsp3) is 0.875. The van der Waals surface area contributed by atoms with Crippen LogP contribution in [0, 0.1) is 0 Å². The summed E-state index contributed by atoms with van der Waals surface area (Å²) in [6.07, 6.45) is -0.803. The van der Waals surface area contributed by atoms with Gasteiger partial charge in [-0.25, -0.2) is 0 Å². The average molecular weight is 209 g/mol. The number of carbonyl (C=O) groups excluding carboxylic acids is 1. The van der Waals surface area contributed by atoms with E-state index in [0.717, 1.165) is 18.6 Å². The lowest BCUT2D eigenvalue weighted by molar-refractivity contribution is -0.131. The van der Waals surface area contributed by atoms with E-state index in [4.69, 9.17) is 0 Å². The van der Waals surface area contributed by atoms with Gasteiger partial charge in [0.15, 0.2) is 0 Å². The lowest BCUT2D eigenvalue weighted by Gasteiger charge is -2.22. The van der Waals surface area contributed by atoms with Crippen molar-refractivity contribution >= 4 is 17.7 Å². The van der Waals surface area contributed by atoms with Crippen LogP contribution in [0.15, 0.2) is 0 Å². The molecule has 0 spiro atoms. The smallest absolute Gasteiger partial charge is 0.315 e. The number of rotatable bonds is 3. The van der Waals surface area contributed by atoms with Crippen LogP contribution in [0.4, 0.5) is 8.78 Å². The Morgan fingerprint density at radius 3 is 2.85 bits per heavy atom. The quantitative estimate of drug-likeness (QED) is 0.765. The van der Waals surface area contributed by atoms with Crippen LogP contribution in [0.5, 0.6) is 0 Å². The summed E-state index contributed by atoms with van der Waals surface area (Å²) in [6, 6.07) is 0. The van der Waals surface area contributed by atoms with Crippen molar-refractivity contribution in [3.63, 3.8) is 0 Å². The Hall–Kier alpha value is -0.320. The molecule has 2 nitrogen and oxygen atoms in total. The molecule has 1 rings (SSSR count). The minimum atomic E-state index is -2.89. The minimum absolute atomic E-state index is 0.0372. The second-order valence-corrected chi connectivity index (χ2v) is 5.10.